The first-order valence-electron chi connectivity index (χ1n) is 6.31. The van der Waals surface area contributed by atoms with Gasteiger partial charge < -0.3 is 5.32 Å². The van der Waals surface area contributed by atoms with Crippen LogP contribution in [-0.4, -0.2) is 22.1 Å². The number of hydrogen-bond donors (Lipinski definition) is 1. The van der Waals surface area contributed by atoms with Gasteiger partial charge in [-0.1, -0.05) is 12.1 Å². The quantitative estimate of drug-likeness (QED) is 0.879. The van der Waals surface area contributed by atoms with Crippen molar-refractivity contribution in [3.05, 3.63) is 53.1 Å². The molecule has 0 bridgehead atoms. The maximum atomic E-state index is 12.1. The first-order valence-corrected chi connectivity index (χ1v) is 7.54. The van der Waals surface area contributed by atoms with Crippen molar-refractivity contribution >= 4 is 17.7 Å². The minimum atomic E-state index is -0.142. The number of benzene rings is 1. The summed E-state index contributed by atoms with van der Waals surface area (Å²) in [7, 11) is 0. The van der Waals surface area contributed by atoms with E-state index in [4.69, 9.17) is 0 Å². The number of carbonyl (C=O) groups excluding carboxylic acids is 1. The summed E-state index contributed by atoms with van der Waals surface area (Å²) in [5.74, 6) is 0.531. The van der Waals surface area contributed by atoms with Crippen LogP contribution in [0.2, 0.25) is 0 Å². The highest BCUT2D eigenvalue weighted by molar-refractivity contribution is 7.98. The van der Waals surface area contributed by atoms with Crippen LogP contribution in [0.1, 0.15) is 27.4 Å². The molecule has 0 radical (unpaired) electrons. The van der Waals surface area contributed by atoms with Crippen molar-refractivity contribution in [2.24, 2.45) is 0 Å². The molecule has 0 aliphatic carbocycles. The number of nitrogens with zero attached hydrogens (tertiary/aromatic N) is 2. The first-order chi connectivity index (χ1) is 9.60. The molecule has 2 aromatic rings. The Labute approximate surface area is 123 Å². The molecule has 1 heterocycles. The number of hydrogen-bond acceptors (Lipinski definition) is 4. The number of thioether (sulfide) groups is 1. The third kappa shape index (κ3) is 3.57. The maximum absolute atomic E-state index is 12.1. The van der Waals surface area contributed by atoms with Crippen LogP contribution < -0.4 is 5.32 Å². The third-order valence-electron chi connectivity index (χ3n) is 2.96. The monoisotopic (exact) mass is 287 g/mol. The van der Waals surface area contributed by atoms with Gasteiger partial charge in [0, 0.05) is 17.6 Å². The first kappa shape index (κ1) is 14.5. The van der Waals surface area contributed by atoms with Gasteiger partial charge in [-0.2, -0.15) is 0 Å². The van der Waals surface area contributed by atoms with Gasteiger partial charge in [-0.3, -0.25) is 4.79 Å². The predicted molar refractivity (Wildman–Crippen MR) is 80.9 cm³/mol. The van der Waals surface area contributed by atoms with Crippen molar-refractivity contribution in [3.63, 3.8) is 0 Å². The van der Waals surface area contributed by atoms with Gasteiger partial charge in [0.2, 0.25) is 0 Å². The Morgan fingerprint density at radius 3 is 2.55 bits per heavy atom. The lowest BCUT2D eigenvalue weighted by Crippen LogP contribution is -2.24. The van der Waals surface area contributed by atoms with Gasteiger partial charge in [0.15, 0.2) is 0 Å². The molecule has 0 fully saturated rings. The van der Waals surface area contributed by atoms with E-state index in [0.29, 0.717) is 23.6 Å². The average molecular weight is 287 g/mol. The predicted octanol–water partition coefficient (Wildman–Crippen LogP) is 2.75. The Kier molecular flexibility index (Phi) is 4.74. The van der Waals surface area contributed by atoms with Gasteiger partial charge in [0.1, 0.15) is 5.82 Å². The molecule has 1 aromatic heterocycles. The molecule has 0 aliphatic heterocycles. The maximum Gasteiger partial charge on any atom is 0.254 e. The number of rotatable bonds is 4. The number of carbonyl (C=O) groups is 1. The van der Waals surface area contributed by atoms with Crippen LogP contribution in [0.5, 0.6) is 0 Å². The molecular weight excluding hydrogens is 270 g/mol. The summed E-state index contributed by atoms with van der Waals surface area (Å²) < 4.78 is 0. The molecule has 104 valence electrons. The van der Waals surface area contributed by atoms with Crippen molar-refractivity contribution in [3.8, 4) is 0 Å². The molecule has 1 N–H and O–H groups in total. The smallest absolute Gasteiger partial charge is 0.254 e. The summed E-state index contributed by atoms with van der Waals surface area (Å²) in [5.41, 5.74) is 2.30. The summed E-state index contributed by atoms with van der Waals surface area (Å²) in [5, 5.41) is 2.89. The second-order valence-electron chi connectivity index (χ2n) is 4.45. The summed E-state index contributed by atoms with van der Waals surface area (Å²) in [4.78, 5) is 21.6. The zero-order chi connectivity index (χ0) is 14.5. The molecule has 1 aromatic carbocycles. The summed E-state index contributed by atoms with van der Waals surface area (Å²) in [6, 6.07) is 8.13. The minimum absolute atomic E-state index is 0.142. The molecule has 5 heteroatoms. The average Bonchev–Trinajstić information content (AvgIpc) is 2.45. The normalized spacial score (nSPS) is 10.3. The Hall–Kier alpha value is -1.88. The zero-order valence-corrected chi connectivity index (χ0v) is 12.6. The van der Waals surface area contributed by atoms with Crippen LogP contribution in [0.15, 0.2) is 35.4 Å². The largest absolute Gasteiger partial charge is 0.348 e. The van der Waals surface area contributed by atoms with E-state index in [1.54, 1.807) is 18.0 Å². The highest BCUT2D eigenvalue weighted by Gasteiger charge is 2.10. The molecule has 0 saturated carbocycles. The second kappa shape index (κ2) is 6.52. The van der Waals surface area contributed by atoms with Crippen molar-refractivity contribution < 1.29 is 4.79 Å². The van der Waals surface area contributed by atoms with Gasteiger partial charge in [-0.15, -0.1) is 11.8 Å². The topological polar surface area (TPSA) is 54.9 Å². The van der Waals surface area contributed by atoms with E-state index in [0.717, 1.165) is 5.56 Å². The fourth-order valence-corrected chi connectivity index (χ4v) is 2.24. The van der Waals surface area contributed by atoms with Crippen LogP contribution in [0.3, 0.4) is 0 Å². The third-order valence-corrected chi connectivity index (χ3v) is 3.70. The lowest BCUT2D eigenvalue weighted by Gasteiger charge is -2.08. The van der Waals surface area contributed by atoms with E-state index in [9.17, 15) is 4.79 Å². The fourth-order valence-electron chi connectivity index (χ4n) is 1.83. The lowest BCUT2D eigenvalue weighted by atomic mass is 10.2. The van der Waals surface area contributed by atoms with Gasteiger partial charge in [0.25, 0.3) is 5.91 Å². The molecule has 1 amide bonds. The lowest BCUT2D eigenvalue weighted by molar-refractivity contribution is 0.0949. The van der Waals surface area contributed by atoms with E-state index in [1.165, 1.54) is 4.90 Å². The minimum Gasteiger partial charge on any atom is -0.348 e. The van der Waals surface area contributed by atoms with Crippen molar-refractivity contribution in [1.82, 2.24) is 15.3 Å². The molecule has 2 rings (SSSR count). The standard InChI is InChI=1S/C15H17N3OS/c1-10-14(9-16-11(2)18-10)15(19)17-8-12-4-6-13(20-3)7-5-12/h4-7,9H,8H2,1-3H3,(H,17,19). The Bertz CT molecular complexity index is 611. The molecule has 20 heavy (non-hydrogen) atoms. The number of amides is 1. The van der Waals surface area contributed by atoms with E-state index in [1.807, 2.05) is 44.4 Å². The van der Waals surface area contributed by atoms with Crippen LogP contribution in [-0.2, 0) is 6.54 Å². The summed E-state index contributed by atoms with van der Waals surface area (Å²) in [6.07, 6.45) is 3.61. The molecule has 0 spiro atoms. The molecule has 0 atom stereocenters. The van der Waals surface area contributed by atoms with Crippen molar-refractivity contribution in [2.45, 2.75) is 25.3 Å². The molecule has 4 nitrogen and oxygen atoms in total. The Morgan fingerprint density at radius 1 is 1.25 bits per heavy atom. The summed E-state index contributed by atoms with van der Waals surface area (Å²) >= 11 is 1.70. The highest BCUT2D eigenvalue weighted by Crippen LogP contribution is 2.14. The summed E-state index contributed by atoms with van der Waals surface area (Å²) in [6.45, 7) is 4.12. The van der Waals surface area contributed by atoms with Crippen LogP contribution in [0, 0.1) is 13.8 Å². The number of aryl methyl sites for hydroxylation is 2. The Balaban J connectivity index is 2.00. The van der Waals surface area contributed by atoms with Gasteiger partial charge in [-0.25, -0.2) is 9.97 Å². The van der Waals surface area contributed by atoms with Gasteiger partial charge in [-0.05, 0) is 37.8 Å². The highest BCUT2D eigenvalue weighted by atomic mass is 32.2. The van der Waals surface area contributed by atoms with Gasteiger partial charge in [0.05, 0.1) is 11.3 Å². The molecule has 0 aliphatic rings. The van der Waals surface area contributed by atoms with Crippen LogP contribution >= 0.6 is 11.8 Å². The van der Waals surface area contributed by atoms with Gasteiger partial charge >= 0.3 is 0 Å². The Morgan fingerprint density at radius 2 is 1.95 bits per heavy atom. The van der Waals surface area contributed by atoms with E-state index in [-0.39, 0.29) is 5.91 Å². The molecular formula is C15H17N3OS. The number of nitrogens with one attached hydrogen (secondary N) is 1. The van der Waals surface area contributed by atoms with Crippen LogP contribution in [0.25, 0.3) is 0 Å². The number of aromatic nitrogens is 2. The van der Waals surface area contributed by atoms with Crippen molar-refractivity contribution in [1.29, 1.82) is 0 Å². The van der Waals surface area contributed by atoms with E-state index < -0.39 is 0 Å². The van der Waals surface area contributed by atoms with Crippen molar-refractivity contribution in [2.75, 3.05) is 6.26 Å². The molecule has 0 unspecified atom stereocenters. The SMILES string of the molecule is CSc1ccc(CNC(=O)c2cnc(C)nc2C)cc1. The van der Waals surface area contributed by atoms with Crippen LogP contribution in [0.4, 0.5) is 0 Å². The van der Waals surface area contributed by atoms with E-state index >= 15 is 0 Å². The molecule has 0 saturated heterocycles. The zero-order valence-electron chi connectivity index (χ0n) is 11.8. The fraction of sp³-hybridized carbons (Fsp3) is 0.267. The van der Waals surface area contributed by atoms with E-state index in [2.05, 4.69) is 15.3 Å². The second-order valence-corrected chi connectivity index (χ2v) is 5.33.